The summed E-state index contributed by atoms with van der Waals surface area (Å²) in [5, 5.41) is 4.43. The van der Waals surface area contributed by atoms with Gasteiger partial charge in [-0.3, -0.25) is 10.1 Å². The summed E-state index contributed by atoms with van der Waals surface area (Å²) < 4.78 is 30.6. The maximum absolute atomic E-state index is 13.3. The van der Waals surface area contributed by atoms with E-state index in [9.17, 15) is 23.2 Å². The summed E-state index contributed by atoms with van der Waals surface area (Å²) in [5.41, 5.74) is -0.499. The standard InChI is InChI=1S/C15H18F2N2O4/c1-9(2)5-6-18-15(22)19-13(20)8-23-14(21)11-4-3-10(16)7-12(11)17/h3-4,7,9H,5-6,8H2,1-2H3,(H2,18,19,20,22). The van der Waals surface area contributed by atoms with Gasteiger partial charge in [-0.05, 0) is 24.5 Å². The number of carbonyl (C=O) groups excluding carboxylic acids is 3. The fraction of sp³-hybridized carbons (Fsp3) is 0.400. The molecule has 0 radical (unpaired) electrons. The zero-order chi connectivity index (χ0) is 17.4. The lowest BCUT2D eigenvalue weighted by molar-refractivity contribution is -0.123. The highest BCUT2D eigenvalue weighted by atomic mass is 19.1. The second-order valence-electron chi connectivity index (χ2n) is 5.19. The van der Waals surface area contributed by atoms with Gasteiger partial charge in [0.2, 0.25) is 0 Å². The molecule has 0 aliphatic rings. The predicted molar refractivity (Wildman–Crippen MR) is 77.6 cm³/mol. The van der Waals surface area contributed by atoms with Crippen LogP contribution in [0.1, 0.15) is 30.6 Å². The molecule has 0 atom stereocenters. The minimum atomic E-state index is -1.13. The highest BCUT2D eigenvalue weighted by molar-refractivity contribution is 5.97. The van der Waals surface area contributed by atoms with Crippen molar-refractivity contribution < 1.29 is 27.9 Å². The Morgan fingerprint density at radius 2 is 1.91 bits per heavy atom. The molecule has 0 aliphatic carbocycles. The van der Waals surface area contributed by atoms with Gasteiger partial charge in [0.15, 0.2) is 6.61 Å². The quantitative estimate of drug-likeness (QED) is 0.782. The number of nitrogens with one attached hydrogen (secondary N) is 2. The average Bonchev–Trinajstić information content (AvgIpc) is 2.44. The van der Waals surface area contributed by atoms with E-state index >= 15 is 0 Å². The fourth-order valence-electron chi connectivity index (χ4n) is 1.55. The maximum Gasteiger partial charge on any atom is 0.341 e. The van der Waals surface area contributed by atoms with Crippen molar-refractivity contribution in [2.24, 2.45) is 5.92 Å². The van der Waals surface area contributed by atoms with E-state index < -0.39 is 41.7 Å². The van der Waals surface area contributed by atoms with E-state index in [1.807, 2.05) is 19.2 Å². The lowest BCUT2D eigenvalue weighted by Crippen LogP contribution is -2.42. The molecule has 0 aromatic heterocycles. The molecule has 0 aliphatic heterocycles. The first kappa shape index (κ1) is 18.5. The summed E-state index contributed by atoms with van der Waals surface area (Å²) in [5.74, 6) is -3.52. The highest BCUT2D eigenvalue weighted by Crippen LogP contribution is 2.10. The van der Waals surface area contributed by atoms with Crippen molar-refractivity contribution in [1.29, 1.82) is 0 Å². The monoisotopic (exact) mass is 328 g/mol. The molecule has 6 nitrogen and oxygen atoms in total. The number of rotatable bonds is 6. The van der Waals surface area contributed by atoms with Crippen molar-refractivity contribution in [3.8, 4) is 0 Å². The minimum absolute atomic E-state index is 0.400. The lowest BCUT2D eigenvalue weighted by atomic mass is 10.1. The SMILES string of the molecule is CC(C)CCNC(=O)NC(=O)COC(=O)c1ccc(F)cc1F. The first-order valence-corrected chi connectivity index (χ1v) is 6.99. The Bertz CT molecular complexity index is 591. The zero-order valence-electron chi connectivity index (χ0n) is 12.8. The molecule has 0 heterocycles. The Balaban J connectivity index is 2.38. The lowest BCUT2D eigenvalue weighted by Gasteiger charge is -2.09. The first-order chi connectivity index (χ1) is 10.8. The Hall–Kier alpha value is -2.51. The van der Waals surface area contributed by atoms with Crippen molar-refractivity contribution >= 4 is 17.9 Å². The van der Waals surface area contributed by atoms with E-state index in [4.69, 9.17) is 0 Å². The van der Waals surface area contributed by atoms with Crippen LogP contribution in [0.4, 0.5) is 13.6 Å². The third-order valence-electron chi connectivity index (χ3n) is 2.75. The Morgan fingerprint density at radius 3 is 2.52 bits per heavy atom. The van der Waals surface area contributed by atoms with Crippen molar-refractivity contribution in [1.82, 2.24) is 10.6 Å². The topological polar surface area (TPSA) is 84.5 Å². The Morgan fingerprint density at radius 1 is 1.22 bits per heavy atom. The van der Waals surface area contributed by atoms with Gasteiger partial charge in [0.05, 0.1) is 5.56 Å². The van der Waals surface area contributed by atoms with Gasteiger partial charge in [-0.1, -0.05) is 13.8 Å². The molecular formula is C15H18F2N2O4. The molecule has 0 bridgehead atoms. The molecule has 3 amide bonds. The predicted octanol–water partition coefficient (Wildman–Crippen LogP) is 1.99. The molecule has 0 spiro atoms. The number of esters is 1. The molecule has 1 aromatic rings. The fourth-order valence-corrected chi connectivity index (χ4v) is 1.55. The van der Waals surface area contributed by atoms with Gasteiger partial charge >= 0.3 is 12.0 Å². The van der Waals surface area contributed by atoms with Crippen LogP contribution in [-0.4, -0.2) is 31.1 Å². The summed E-state index contributed by atoms with van der Waals surface area (Å²) in [4.78, 5) is 34.3. The zero-order valence-corrected chi connectivity index (χ0v) is 12.8. The molecule has 0 saturated carbocycles. The number of halogens is 2. The number of ether oxygens (including phenoxy) is 1. The van der Waals surface area contributed by atoms with Crippen LogP contribution in [0.15, 0.2) is 18.2 Å². The van der Waals surface area contributed by atoms with E-state index in [1.165, 1.54) is 0 Å². The van der Waals surface area contributed by atoms with E-state index in [-0.39, 0.29) is 0 Å². The van der Waals surface area contributed by atoms with Crippen LogP contribution in [0.2, 0.25) is 0 Å². The average molecular weight is 328 g/mol. The number of benzene rings is 1. The molecule has 126 valence electrons. The molecule has 1 aromatic carbocycles. The Kier molecular flexibility index (Phi) is 7.11. The van der Waals surface area contributed by atoms with Crippen molar-refractivity contribution in [3.63, 3.8) is 0 Å². The molecule has 8 heteroatoms. The molecule has 2 N–H and O–H groups in total. The summed E-state index contributed by atoms with van der Waals surface area (Å²) in [7, 11) is 0. The van der Waals surface area contributed by atoms with Gasteiger partial charge in [0, 0.05) is 12.6 Å². The van der Waals surface area contributed by atoms with E-state index in [2.05, 4.69) is 10.1 Å². The van der Waals surface area contributed by atoms with E-state index in [0.29, 0.717) is 18.5 Å². The summed E-state index contributed by atoms with van der Waals surface area (Å²) in [6.45, 7) is 3.61. The second kappa shape index (κ2) is 8.82. The molecular weight excluding hydrogens is 310 g/mol. The molecule has 23 heavy (non-hydrogen) atoms. The molecule has 0 unspecified atom stereocenters. The van der Waals surface area contributed by atoms with Crippen molar-refractivity contribution in [3.05, 3.63) is 35.4 Å². The molecule has 0 fully saturated rings. The van der Waals surface area contributed by atoms with Gasteiger partial charge in [-0.2, -0.15) is 0 Å². The largest absolute Gasteiger partial charge is 0.452 e. The van der Waals surface area contributed by atoms with Crippen LogP contribution in [-0.2, 0) is 9.53 Å². The molecule has 0 saturated heterocycles. The second-order valence-corrected chi connectivity index (χ2v) is 5.19. The first-order valence-electron chi connectivity index (χ1n) is 6.99. The van der Waals surface area contributed by atoms with Crippen LogP contribution in [0, 0.1) is 17.6 Å². The van der Waals surface area contributed by atoms with Crippen LogP contribution in [0.5, 0.6) is 0 Å². The minimum Gasteiger partial charge on any atom is -0.452 e. The van der Waals surface area contributed by atoms with Crippen molar-refractivity contribution in [2.45, 2.75) is 20.3 Å². The van der Waals surface area contributed by atoms with Gasteiger partial charge in [0.1, 0.15) is 11.6 Å². The summed E-state index contributed by atoms with van der Waals surface area (Å²) in [6.07, 6.45) is 0.750. The number of carbonyl (C=O) groups is 3. The normalized spacial score (nSPS) is 10.3. The van der Waals surface area contributed by atoms with E-state index in [1.54, 1.807) is 0 Å². The van der Waals surface area contributed by atoms with Crippen LogP contribution in [0.25, 0.3) is 0 Å². The maximum atomic E-state index is 13.3. The number of hydrogen-bond acceptors (Lipinski definition) is 4. The van der Waals surface area contributed by atoms with Gasteiger partial charge in [-0.25, -0.2) is 18.4 Å². The number of amides is 3. The van der Waals surface area contributed by atoms with Crippen LogP contribution >= 0.6 is 0 Å². The highest BCUT2D eigenvalue weighted by Gasteiger charge is 2.16. The van der Waals surface area contributed by atoms with Gasteiger partial charge in [-0.15, -0.1) is 0 Å². The van der Waals surface area contributed by atoms with Gasteiger partial charge in [0.25, 0.3) is 5.91 Å². The smallest absolute Gasteiger partial charge is 0.341 e. The summed E-state index contributed by atoms with van der Waals surface area (Å²) in [6, 6.07) is 1.62. The third kappa shape index (κ3) is 6.86. The number of hydrogen-bond donors (Lipinski definition) is 2. The number of imide groups is 1. The third-order valence-corrected chi connectivity index (χ3v) is 2.75. The van der Waals surface area contributed by atoms with Crippen molar-refractivity contribution in [2.75, 3.05) is 13.2 Å². The number of urea groups is 1. The van der Waals surface area contributed by atoms with Crippen LogP contribution in [0.3, 0.4) is 0 Å². The summed E-state index contributed by atoms with van der Waals surface area (Å²) >= 11 is 0. The van der Waals surface area contributed by atoms with E-state index in [0.717, 1.165) is 18.6 Å². The van der Waals surface area contributed by atoms with Gasteiger partial charge < -0.3 is 10.1 Å². The molecule has 1 rings (SSSR count). The van der Waals surface area contributed by atoms with Crippen LogP contribution < -0.4 is 10.6 Å². The Labute approximate surface area is 132 Å².